The van der Waals surface area contributed by atoms with Crippen molar-refractivity contribution in [3.63, 3.8) is 0 Å². The molecule has 1 heterocycles. The van der Waals surface area contributed by atoms with Gasteiger partial charge in [-0.05, 0) is 45.2 Å². The lowest BCUT2D eigenvalue weighted by molar-refractivity contribution is 0.167. The summed E-state index contributed by atoms with van der Waals surface area (Å²) >= 11 is 6.19. The molecule has 1 atom stereocenters. The predicted octanol–water partition coefficient (Wildman–Crippen LogP) is 4.15. The lowest BCUT2D eigenvalue weighted by atomic mass is 10.0. The van der Waals surface area contributed by atoms with Crippen molar-refractivity contribution in [2.24, 2.45) is 4.99 Å². The van der Waals surface area contributed by atoms with Crippen molar-refractivity contribution in [2.45, 2.75) is 58.2 Å². The molecule has 27 heavy (non-hydrogen) atoms. The van der Waals surface area contributed by atoms with Crippen LogP contribution in [0.25, 0.3) is 0 Å². The van der Waals surface area contributed by atoms with Crippen LogP contribution in [0.3, 0.4) is 0 Å². The molecule has 1 aliphatic heterocycles. The van der Waals surface area contributed by atoms with Gasteiger partial charge >= 0.3 is 0 Å². The van der Waals surface area contributed by atoms with Gasteiger partial charge in [0.2, 0.25) is 0 Å². The summed E-state index contributed by atoms with van der Waals surface area (Å²) in [5.74, 6) is 1.57. The maximum atomic E-state index is 6.19. The molecule has 7 heteroatoms. The Hall–Kier alpha value is -0.730. The summed E-state index contributed by atoms with van der Waals surface area (Å²) in [5.41, 5.74) is 0. The van der Waals surface area contributed by atoms with Crippen molar-refractivity contribution < 1.29 is 4.74 Å². The number of rotatable bonds is 7. The Kier molecular flexibility index (Phi) is 11.4. The van der Waals surface area contributed by atoms with Gasteiger partial charge in [0.15, 0.2) is 5.96 Å². The third-order valence-electron chi connectivity index (χ3n) is 4.91. The van der Waals surface area contributed by atoms with Crippen LogP contribution < -0.4 is 15.4 Å². The minimum atomic E-state index is 0. The molecule has 1 unspecified atom stereocenters. The van der Waals surface area contributed by atoms with Crippen LogP contribution in [0.15, 0.2) is 29.3 Å². The van der Waals surface area contributed by atoms with Gasteiger partial charge in [-0.25, -0.2) is 0 Å². The highest BCUT2D eigenvalue weighted by Crippen LogP contribution is 2.24. The second-order valence-corrected chi connectivity index (χ2v) is 7.49. The first-order chi connectivity index (χ1) is 12.5. The molecular weight excluding hydrogens is 475 g/mol. The number of hydrogen-bond donors (Lipinski definition) is 2. The first kappa shape index (κ1) is 24.3. The van der Waals surface area contributed by atoms with Gasteiger partial charge in [0, 0.05) is 32.2 Å². The van der Waals surface area contributed by atoms with Crippen molar-refractivity contribution in [2.75, 3.05) is 26.7 Å². The maximum Gasteiger partial charge on any atom is 0.191 e. The standard InChI is InChI=1S/C20H33ClN4O.HI/c1-5-17(26-19-9-7-6-8-18(19)21)14-23-20(22-4)24-16-10-12-25(13-11-16)15(2)3;/h6-9,15-17H,5,10-14H2,1-4H3,(H2,22,23,24);1H. The number of nitrogens with zero attached hydrogens (tertiary/aromatic N) is 2. The highest BCUT2D eigenvalue weighted by Gasteiger charge is 2.21. The van der Waals surface area contributed by atoms with E-state index >= 15 is 0 Å². The Morgan fingerprint density at radius 1 is 1.30 bits per heavy atom. The molecular formula is C20H34ClIN4O. The summed E-state index contributed by atoms with van der Waals surface area (Å²) < 4.78 is 6.04. The van der Waals surface area contributed by atoms with Crippen LogP contribution in [-0.4, -0.2) is 55.7 Å². The smallest absolute Gasteiger partial charge is 0.191 e. The molecule has 1 aromatic rings. The van der Waals surface area contributed by atoms with Crippen molar-refractivity contribution in [3.8, 4) is 5.75 Å². The SMILES string of the molecule is CCC(CNC(=NC)NC1CCN(C(C)C)CC1)Oc1ccccc1Cl.I. The Bertz CT molecular complexity index is 577. The molecule has 0 aromatic heterocycles. The number of guanidine groups is 1. The molecule has 0 aliphatic carbocycles. The topological polar surface area (TPSA) is 48.9 Å². The zero-order valence-corrected chi connectivity index (χ0v) is 20.0. The van der Waals surface area contributed by atoms with E-state index in [0.717, 1.165) is 44.1 Å². The summed E-state index contributed by atoms with van der Waals surface area (Å²) in [6, 6.07) is 8.69. The molecule has 2 N–H and O–H groups in total. The van der Waals surface area contributed by atoms with E-state index in [1.165, 1.54) is 0 Å². The zero-order chi connectivity index (χ0) is 18.9. The van der Waals surface area contributed by atoms with E-state index in [2.05, 4.69) is 41.3 Å². The number of benzene rings is 1. The minimum absolute atomic E-state index is 0. The number of halogens is 2. The fourth-order valence-electron chi connectivity index (χ4n) is 3.15. The van der Waals surface area contributed by atoms with Crippen molar-refractivity contribution in [3.05, 3.63) is 29.3 Å². The third kappa shape index (κ3) is 8.03. The highest BCUT2D eigenvalue weighted by atomic mass is 127. The van der Waals surface area contributed by atoms with Gasteiger partial charge in [-0.1, -0.05) is 30.7 Å². The lowest BCUT2D eigenvalue weighted by Crippen LogP contribution is -2.51. The van der Waals surface area contributed by atoms with E-state index < -0.39 is 0 Å². The average molecular weight is 509 g/mol. The van der Waals surface area contributed by atoms with Crippen LogP contribution in [0, 0.1) is 0 Å². The van der Waals surface area contributed by atoms with E-state index in [4.69, 9.17) is 16.3 Å². The van der Waals surface area contributed by atoms with Crippen molar-refractivity contribution >= 4 is 41.5 Å². The van der Waals surface area contributed by atoms with Crippen LogP contribution >= 0.6 is 35.6 Å². The molecule has 0 radical (unpaired) electrons. The van der Waals surface area contributed by atoms with Gasteiger partial charge < -0.3 is 20.3 Å². The van der Waals surface area contributed by atoms with Gasteiger partial charge in [-0.15, -0.1) is 24.0 Å². The second-order valence-electron chi connectivity index (χ2n) is 7.08. The predicted molar refractivity (Wildman–Crippen MR) is 126 cm³/mol. The molecule has 0 spiro atoms. The summed E-state index contributed by atoms with van der Waals surface area (Å²) in [7, 11) is 1.81. The molecule has 1 aromatic carbocycles. The van der Waals surface area contributed by atoms with Crippen LogP contribution in [0.4, 0.5) is 0 Å². The third-order valence-corrected chi connectivity index (χ3v) is 5.22. The summed E-state index contributed by atoms with van der Waals surface area (Å²) in [6.07, 6.45) is 3.22. The van der Waals surface area contributed by atoms with Gasteiger partial charge in [0.1, 0.15) is 11.9 Å². The van der Waals surface area contributed by atoms with Crippen LogP contribution in [-0.2, 0) is 0 Å². The molecule has 154 valence electrons. The van der Waals surface area contributed by atoms with E-state index in [0.29, 0.717) is 23.7 Å². The van der Waals surface area contributed by atoms with Gasteiger partial charge in [0.25, 0.3) is 0 Å². The van der Waals surface area contributed by atoms with E-state index in [9.17, 15) is 0 Å². The molecule has 0 amide bonds. The highest BCUT2D eigenvalue weighted by molar-refractivity contribution is 14.0. The first-order valence-corrected chi connectivity index (χ1v) is 10.0. The van der Waals surface area contributed by atoms with E-state index in [1.54, 1.807) is 0 Å². The Labute approximate surface area is 186 Å². The zero-order valence-electron chi connectivity index (χ0n) is 16.9. The molecule has 5 nitrogen and oxygen atoms in total. The van der Waals surface area contributed by atoms with Crippen LogP contribution in [0.1, 0.15) is 40.0 Å². The number of likely N-dealkylation sites (tertiary alicyclic amines) is 1. The Morgan fingerprint density at radius 2 is 1.96 bits per heavy atom. The average Bonchev–Trinajstić information content (AvgIpc) is 2.65. The Balaban J connectivity index is 0.00000364. The first-order valence-electron chi connectivity index (χ1n) is 9.65. The quantitative estimate of drug-likeness (QED) is 0.330. The van der Waals surface area contributed by atoms with E-state index in [1.807, 2.05) is 31.3 Å². The largest absolute Gasteiger partial charge is 0.487 e. The molecule has 1 fully saturated rings. The minimum Gasteiger partial charge on any atom is -0.487 e. The van der Waals surface area contributed by atoms with Gasteiger partial charge in [-0.3, -0.25) is 4.99 Å². The summed E-state index contributed by atoms with van der Waals surface area (Å²) in [6.45, 7) is 9.60. The van der Waals surface area contributed by atoms with Crippen molar-refractivity contribution in [1.29, 1.82) is 0 Å². The molecule has 1 saturated heterocycles. The molecule has 0 bridgehead atoms. The summed E-state index contributed by atoms with van der Waals surface area (Å²) in [5, 5.41) is 7.59. The normalized spacial score (nSPS) is 17.3. The number of para-hydroxylation sites is 1. The van der Waals surface area contributed by atoms with E-state index in [-0.39, 0.29) is 30.1 Å². The number of piperidine rings is 1. The van der Waals surface area contributed by atoms with Crippen LogP contribution in [0.2, 0.25) is 5.02 Å². The summed E-state index contributed by atoms with van der Waals surface area (Å²) in [4.78, 5) is 6.89. The molecule has 2 rings (SSSR count). The van der Waals surface area contributed by atoms with Gasteiger partial charge in [-0.2, -0.15) is 0 Å². The fraction of sp³-hybridized carbons (Fsp3) is 0.650. The number of aliphatic imine (C=N–C) groups is 1. The lowest BCUT2D eigenvalue weighted by Gasteiger charge is -2.35. The molecule has 0 saturated carbocycles. The number of nitrogens with one attached hydrogen (secondary N) is 2. The monoisotopic (exact) mass is 508 g/mol. The van der Waals surface area contributed by atoms with Gasteiger partial charge in [0.05, 0.1) is 11.6 Å². The maximum absolute atomic E-state index is 6.19. The second kappa shape index (κ2) is 12.7. The van der Waals surface area contributed by atoms with Crippen molar-refractivity contribution in [1.82, 2.24) is 15.5 Å². The van der Waals surface area contributed by atoms with Crippen LogP contribution in [0.5, 0.6) is 5.75 Å². The number of hydrogen-bond acceptors (Lipinski definition) is 3. The fourth-order valence-corrected chi connectivity index (χ4v) is 3.33. The Morgan fingerprint density at radius 3 is 2.52 bits per heavy atom. The number of ether oxygens (including phenoxy) is 1. The molecule has 1 aliphatic rings.